The number of carbonyl (C=O) groups is 2. The Morgan fingerprint density at radius 1 is 1.19 bits per heavy atom. The summed E-state index contributed by atoms with van der Waals surface area (Å²) in [6, 6.07) is 11.8. The van der Waals surface area contributed by atoms with E-state index < -0.39 is 5.92 Å². The fourth-order valence-corrected chi connectivity index (χ4v) is 4.47. The zero-order valence-corrected chi connectivity index (χ0v) is 17.6. The van der Waals surface area contributed by atoms with Gasteiger partial charge in [0.1, 0.15) is 0 Å². The number of halogens is 1. The number of nitrogens with zero attached hydrogens (tertiary/aromatic N) is 4. The molecular weight excluding hydrogens is 414 g/mol. The van der Waals surface area contributed by atoms with Gasteiger partial charge < -0.3 is 4.57 Å². The lowest BCUT2D eigenvalue weighted by molar-refractivity contribution is -0.134. The van der Waals surface area contributed by atoms with Crippen molar-refractivity contribution in [2.24, 2.45) is 7.05 Å². The molecule has 3 heterocycles. The first-order chi connectivity index (χ1) is 15.0. The van der Waals surface area contributed by atoms with E-state index in [9.17, 15) is 9.59 Å². The molecule has 2 amide bonds. The molecule has 31 heavy (non-hydrogen) atoms. The van der Waals surface area contributed by atoms with E-state index >= 15 is 0 Å². The van der Waals surface area contributed by atoms with Gasteiger partial charge in [0.15, 0.2) is 0 Å². The Balaban J connectivity index is 1.49. The minimum absolute atomic E-state index is 0.234. The molecule has 0 radical (unpaired) electrons. The van der Waals surface area contributed by atoms with Crippen LogP contribution in [0.2, 0.25) is 5.02 Å². The SMILES string of the molecule is Cn1cncc1Cn1ncc2cc(-c3cccc(C4CCC(=O)NC4=O)c3Cl)ccc21. The number of aromatic nitrogens is 4. The van der Waals surface area contributed by atoms with Gasteiger partial charge in [-0.2, -0.15) is 5.10 Å². The lowest BCUT2D eigenvalue weighted by atomic mass is 9.88. The van der Waals surface area contributed by atoms with Crippen LogP contribution in [0.4, 0.5) is 0 Å². The van der Waals surface area contributed by atoms with E-state index in [1.54, 1.807) is 6.33 Å². The first-order valence-corrected chi connectivity index (χ1v) is 10.4. The number of carbonyl (C=O) groups excluding carboxylic acids is 2. The van der Waals surface area contributed by atoms with Gasteiger partial charge in [-0.1, -0.05) is 35.9 Å². The van der Waals surface area contributed by atoms with Crippen LogP contribution in [0, 0.1) is 0 Å². The van der Waals surface area contributed by atoms with Crippen LogP contribution in [-0.2, 0) is 23.2 Å². The van der Waals surface area contributed by atoms with E-state index in [4.69, 9.17) is 11.6 Å². The topological polar surface area (TPSA) is 81.8 Å². The number of piperidine rings is 1. The molecule has 2 aromatic heterocycles. The summed E-state index contributed by atoms with van der Waals surface area (Å²) in [5, 5.41) is 8.49. The van der Waals surface area contributed by atoms with E-state index in [1.807, 2.05) is 59.0 Å². The van der Waals surface area contributed by atoms with Crippen molar-refractivity contribution in [3.8, 4) is 11.1 Å². The van der Waals surface area contributed by atoms with Crippen molar-refractivity contribution in [1.82, 2.24) is 24.6 Å². The molecule has 2 aromatic carbocycles. The third kappa shape index (κ3) is 3.51. The van der Waals surface area contributed by atoms with Gasteiger partial charge in [-0.15, -0.1) is 0 Å². The van der Waals surface area contributed by atoms with Crippen LogP contribution in [0.3, 0.4) is 0 Å². The molecule has 7 nitrogen and oxygen atoms in total. The molecule has 0 aliphatic carbocycles. The molecule has 5 rings (SSSR count). The van der Waals surface area contributed by atoms with Crippen LogP contribution in [0.15, 0.2) is 55.1 Å². The summed E-state index contributed by atoms with van der Waals surface area (Å²) >= 11 is 6.75. The second-order valence-electron chi connectivity index (χ2n) is 7.78. The van der Waals surface area contributed by atoms with E-state index in [-0.39, 0.29) is 11.8 Å². The van der Waals surface area contributed by atoms with Crippen molar-refractivity contribution in [2.45, 2.75) is 25.3 Å². The highest BCUT2D eigenvalue weighted by molar-refractivity contribution is 6.34. The smallest absolute Gasteiger partial charge is 0.234 e. The Bertz CT molecular complexity index is 1320. The maximum absolute atomic E-state index is 12.3. The number of aryl methyl sites for hydroxylation is 1. The fourth-order valence-electron chi connectivity index (χ4n) is 4.10. The van der Waals surface area contributed by atoms with Crippen molar-refractivity contribution in [3.63, 3.8) is 0 Å². The minimum atomic E-state index is -0.421. The summed E-state index contributed by atoms with van der Waals surface area (Å²) in [6.45, 7) is 0.630. The lowest BCUT2D eigenvalue weighted by Gasteiger charge is -2.23. The Labute approximate surface area is 183 Å². The second kappa shape index (κ2) is 7.67. The number of imidazole rings is 1. The van der Waals surface area contributed by atoms with Crippen molar-refractivity contribution < 1.29 is 9.59 Å². The first-order valence-electron chi connectivity index (χ1n) is 10.0. The maximum atomic E-state index is 12.3. The third-order valence-corrected chi connectivity index (χ3v) is 6.25. The van der Waals surface area contributed by atoms with Gasteiger partial charge in [0, 0.05) is 24.4 Å². The van der Waals surface area contributed by atoms with Crippen LogP contribution in [0.5, 0.6) is 0 Å². The van der Waals surface area contributed by atoms with Crippen molar-refractivity contribution in [1.29, 1.82) is 0 Å². The van der Waals surface area contributed by atoms with Gasteiger partial charge in [0.2, 0.25) is 11.8 Å². The molecule has 0 bridgehead atoms. The van der Waals surface area contributed by atoms with Crippen LogP contribution in [0.25, 0.3) is 22.0 Å². The van der Waals surface area contributed by atoms with Crippen LogP contribution >= 0.6 is 11.6 Å². The normalized spacial score (nSPS) is 16.6. The highest BCUT2D eigenvalue weighted by atomic mass is 35.5. The summed E-state index contributed by atoms with van der Waals surface area (Å²) in [6.07, 6.45) is 6.23. The van der Waals surface area contributed by atoms with E-state index in [0.29, 0.717) is 24.4 Å². The molecule has 0 spiro atoms. The number of imide groups is 1. The largest absolute Gasteiger partial charge is 0.336 e. The average molecular weight is 434 g/mol. The molecule has 1 atom stereocenters. The number of hydrogen-bond acceptors (Lipinski definition) is 4. The van der Waals surface area contributed by atoms with E-state index in [1.165, 1.54) is 0 Å². The predicted octanol–water partition coefficient (Wildman–Crippen LogP) is 3.66. The highest BCUT2D eigenvalue weighted by Gasteiger charge is 2.30. The number of hydrogen-bond donors (Lipinski definition) is 1. The second-order valence-corrected chi connectivity index (χ2v) is 8.16. The summed E-state index contributed by atoms with van der Waals surface area (Å²) in [5.41, 5.74) is 4.63. The Hall–Kier alpha value is -3.45. The van der Waals surface area contributed by atoms with E-state index in [2.05, 4.69) is 21.5 Å². The lowest BCUT2D eigenvalue weighted by Crippen LogP contribution is -2.39. The molecule has 1 unspecified atom stereocenters. The summed E-state index contributed by atoms with van der Waals surface area (Å²) < 4.78 is 3.92. The van der Waals surface area contributed by atoms with Crippen molar-refractivity contribution in [2.75, 3.05) is 0 Å². The number of fused-ring (bicyclic) bond motifs is 1. The molecule has 156 valence electrons. The van der Waals surface area contributed by atoms with Gasteiger partial charge in [0.05, 0.1) is 47.4 Å². The highest BCUT2D eigenvalue weighted by Crippen LogP contribution is 2.37. The number of benzene rings is 2. The number of amides is 2. The Morgan fingerprint density at radius 3 is 2.84 bits per heavy atom. The summed E-state index contributed by atoms with van der Waals surface area (Å²) in [4.78, 5) is 28.0. The molecule has 1 N–H and O–H groups in total. The minimum Gasteiger partial charge on any atom is -0.336 e. The quantitative estimate of drug-likeness (QED) is 0.498. The average Bonchev–Trinajstić information content (AvgIpc) is 3.35. The van der Waals surface area contributed by atoms with Crippen LogP contribution in [0.1, 0.15) is 30.0 Å². The standard InChI is InChI=1S/C23H20ClN5O2/c1-28-13-25-11-16(28)12-29-20-7-5-14(9-15(20)10-26-29)17-3-2-4-18(22(17)24)19-6-8-21(30)27-23(19)31/h2-5,7,9-11,13,19H,6,8,12H2,1H3,(H,27,30,31). The number of nitrogens with one attached hydrogen (secondary N) is 1. The monoisotopic (exact) mass is 433 g/mol. The molecule has 4 aromatic rings. The Kier molecular flexibility index (Phi) is 4.82. The molecular formula is C23H20ClN5O2. The molecule has 1 fully saturated rings. The summed E-state index contributed by atoms with van der Waals surface area (Å²) in [7, 11) is 1.96. The predicted molar refractivity (Wildman–Crippen MR) is 118 cm³/mol. The Morgan fingerprint density at radius 2 is 2.06 bits per heavy atom. The van der Waals surface area contributed by atoms with Gasteiger partial charge in [-0.05, 0) is 29.7 Å². The molecule has 8 heteroatoms. The van der Waals surface area contributed by atoms with Crippen LogP contribution in [-0.4, -0.2) is 31.1 Å². The van der Waals surface area contributed by atoms with Gasteiger partial charge in [-0.3, -0.25) is 19.6 Å². The first kappa shape index (κ1) is 19.5. The molecule has 0 saturated carbocycles. The van der Waals surface area contributed by atoms with E-state index in [0.717, 1.165) is 33.3 Å². The fraction of sp³-hybridized carbons (Fsp3) is 0.217. The summed E-state index contributed by atoms with van der Waals surface area (Å²) in [5.74, 6) is -0.945. The van der Waals surface area contributed by atoms with Crippen molar-refractivity contribution >= 4 is 34.3 Å². The van der Waals surface area contributed by atoms with Gasteiger partial charge in [-0.25, -0.2) is 4.98 Å². The van der Waals surface area contributed by atoms with Crippen molar-refractivity contribution in [3.05, 3.63) is 71.4 Å². The van der Waals surface area contributed by atoms with Crippen LogP contribution < -0.4 is 5.32 Å². The third-order valence-electron chi connectivity index (χ3n) is 5.82. The zero-order valence-electron chi connectivity index (χ0n) is 16.9. The molecule has 1 aliphatic rings. The molecule has 1 saturated heterocycles. The maximum Gasteiger partial charge on any atom is 0.234 e. The zero-order chi connectivity index (χ0) is 21.5. The molecule has 1 aliphatic heterocycles. The number of rotatable bonds is 4. The van der Waals surface area contributed by atoms with Gasteiger partial charge >= 0.3 is 0 Å². The van der Waals surface area contributed by atoms with Gasteiger partial charge in [0.25, 0.3) is 0 Å².